The zero-order valence-corrected chi connectivity index (χ0v) is 20.2. The number of piperidine rings is 1. The van der Waals surface area contributed by atoms with Gasteiger partial charge in [-0.3, -0.25) is 9.36 Å². The van der Waals surface area contributed by atoms with E-state index in [1.54, 1.807) is 25.7 Å². The number of hydrogen-bond donors (Lipinski definition) is 0. The number of benzene rings is 1. The van der Waals surface area contributed by atoms with Crippen LogP contribution in [0.15, 0.2) is 35.5 Å². The van der Waals surface area contributed by atoms with Crippen LogP contribution < -0.4 is 10.3 Å². The Morgan fingerprint density at radius 1 is 1.20 bits per heavy atom. The van der Waals surface area contributed by atoms with E-state index >= 15 is 0 Å². The number of carbonyl (C=O) groups is 1. The van der Waals surface area contributed by atoms with Crippen LogP contribution in [0.4, 0.5) is 18.0 Å². The molecule has 0 saturated carbocycles. The molecule has 0 N–H and O–H groups in total. The van der Waals surface area contributed by atoms with Gasteiger partial charge in [0.15, 0.2) is 6.79 Å². The van der Waals surface area contributed by atoms with E-state index in [1.807, 2.05) is 0 Å². The maximum atomic E-state index is 13.3. The van der Waals surface area contributed by atoms with Gasteiger partial charge >= 0.3 is 12.3 Å². The molecule has 0 aliphatic carbocycles. The molecule has 8 nitrogen and oxygen atoms in total. The highest BCUT2D eigenvalue weighted by atomic mass is 19.4. The Hall–Kier alpha value is -3.08. The summed E-state index contributed by atoms with van der Waals surface area (Å²) in [5, 5.41) is 0. The van der Waals surface area contributed by atoms with Crippen molar-refractivity contribution in [3.05, 3.63) is 46.6 Å². The molecular weight excluding hydrogens is 467 g/mol. The molecule has 1 aliphatic rings. The third kappa shape index (κ3) is 6.97. The second kappa shape index (κ2) is 10.7. The van der Waals surface area contributed by atoms with Crippen LogP contribution in [-0.2, 0) is 22.2 Å². The van der Waals surface area contributed by atoms with Gasteiger partial charge in [0.05, 0.1) is 17.5 Å². The fourth-order valence-electron chi connectivity index (χ4n) is 3.91. The van der Waals surface area contributed by atoms with Crippen LogP contribution in [0.3, 0.4) is 0 Å². The molecule has 0 radical (unpaired) electrons. The number of amides is 1. The lowest BCUT2D eigenvalue weighted by atomic mass is 9.98. The summed E-state index contributed by atoms with van der Waals surface area (Å²) in [6.45, 7) is 6.41. The zero-order chi connectivity index (χ0) is 25.8. The minimum atomic E-state index is -4.57. The Kier molecular flexibility index (Phi) is 8.09. The number of nitrogens with zero attached hydrogens (tertiary/aromatic N) is 3. The quantitative estimate of drug-likeness (QED) is 0.545. The number of carbonyl (C=O) groups excluding carboxylic acids is 1. The number of halogens is 3. The monoisotopic (exact) mass is 497 g/mol. The standard InChI is InChI=1S/C24H30F3N3O5/c1-23(2,3)35-22(32)29-9-5-6-16(12-29)13-30-14-28-11-19(21(30)31)18-8-7-17(24(25,26)27)10-20(18)34-15-33-4/h7-8,10-11,14,16H,5-6,9,12-13,15H2,1-4H3. The van der Waals surface area contributed by atoms with Crippen molar-refractivity contribution < 1.29 is 32.2 Å². The van der Waals surface area contributed by atoms with E-state index in [1.165, 1.54) is 30.3 Å². The molecule has 1 aromatic carbocycles. The van der Waals surface area contributed by atoms with Crippen LogP contribution in [0, 0.1) is 5.92 Å². The molecule has 3 rings (SSSR count). The summed E-state index contributed by atoms with van der Waals surface area (Å²) in [5.74, 6) is -0.144. The first kappa shape index (κ1) is 26.5. The largest absolute Gasteiger partial charge is 0.467 e. The van der Waals surface area contributed by atoms with Crippen molar-refractivity contribution in [3.8, 4) is 16.9 Å². The summed E-state index contributed by atoms with van der Waals surface area (Å²) in [7, 11) is 1.34. The van der Waals surface area contributed by atoms with E-state index in [4.69, 9.17) is 14.2 Å². The number of alkyl halides is 3. The molecule has 1 amide bonds. The van der Waals surface area contributed by atoms with Crippen molar-refractivity contribution in [2.45, 2.75) is 51.9 Å². The van der Waals surface area contributed by atoms with Gasteiger partial charge in [-0.2, -0.15) is 13.2 Å². The maximum Gasteiger partial charge on any atom is 0.416 e. The van der Waals surface area contributed by atoms with E-state index in [0.717, 1.165) is 25.0 Å². The van der Waals surface area contributed by atoms with Crippen molar-refractivity contribution in [1.82, 2.24) is 14.5 Å². The Morgan fingerprint density at radius 3 is 2.60 bits per heavy atom. The van der Waals surface area contributed by atoms with E-state index in [2.05, 4.69) is 4.98 Å². The van der Waals surface area contributed by atoms with E-state index in [0.29, 0.717) is 19.6 Å². The number of likely N-dealkylation sites (tertiary alicyclic amines) is 1. The Labute approximate surface area is 201 Å². The molecule has 1 unspecified atom stereocenters. The molecular formula is C24H30F3N3O5. The molecule has 0 bridgehead atoms. The number of ether oxygens (including phenoxy) is 3. The van der Waals surface area contributed by atoms with E-state index < -0.39 is 29.0 Å². The van der Waals surface area contributed by atoms with Crippen molar-refractivity contribution in [2.75, 3.05) is 27.0 Å². The molecule has 0 spiro atoms. The minimum absolute atomic E-state index is 0.0113. The molecule has 35 heavy (non-hydrogen) atoms. The highest BCUT2D eigenvalue weighted by Crippen LogP contribution is 2.36. The van der Waals surface area contributed by atoms with E-state index in [-0.39, 0.29) is 29.6 Å². The normalized spacial score (nSPS) is 16.8. The Morgan fingerprint density at radius 2 is 1.94 bits per heavy atom. The molecule has 1 fully saturated rings. The van der Waals surface area contributed by atoms with Gasteiger partial charge in [-0.05, 0) is 57.7 Å². The summed E-state index contributed by atoms with van der Waals surface area (Å²) >= 11 is 0. The number of methoxy groups -OCH3 is 1. The molecule has 192 valence electrons. The lowest BCUT2D eigenvalue weighted by Crippen LogP contribution is -2.44. The van der Waals surface area contributed by atoms with Crippen LogP contribution in [0.25, 0.3) is 11.1 Å². The molecule has 1 atom stereocenters. The highest BCUT2D eigenvalue weighted by molar-refractivity contribution is 5.70. The van der Waals surface area contributed by atoms with Gasteiger partial charge in [0.1, 0.15) is 11.4 Å². The van der Waals surface area contributed by atoms with Crippen LogP contribution >= 0.6 is 0 Å². The maximum absolute atomic E-state index is 13.3. The van der Waals surface area contributed by atoms with Crippen molar-refractivity contribution in [2.24, 2.45) is 5.92 Å². The van der Waals surface area contributed by atoms with Crippen LogP contribution in [-0.4, -0.2) is 53.1 Å². The van der Waals surface area contributed by atoms with Crippen molar-refractivity contribution in [3.63, 3.8) is 0 Å². The molecule has 11 heteroatoms. The summed E-state index contributed by atoms with van der Waals surface area (Å²) < 4.78 is 56.7. The Balaban J connectivity index is 1.85. The van der Waals surface area contributed by atoms with Crippen molar-refractivity contribution in [1.29, 1.82) is 0 Å². The molecule has 2 heterocycles. The highest BCUT2D eigenvalue weighted by Gasteiger charge is 2.32. The minimum Gasteiger partial charge on any atom is -0.467 e. The molecule has 1 aliphatic heterocycles. The number of hydrogen-bond acceptors (Lipinski definition) is 6. The third-order valence-electron chi connectivity index (χ3n) is 5.46. The van der Waals surface area contributed by atoms with Crippen LogP contribution in [0.1, 0.15) is 39.2 Å². The molecule has 1 aromatic heterocycles. The first-order chi connectivity index (χ1) is 16.4. The first-order valence-electron chi connectivity index (χ1n) is 11.2. The summed E-state index contributed by atoms with van der Waals surface area (Å²) in [6, 6.07) is 2.93. The lowest BCUT2D eigenvalue weighted by molar-refractivity contribution is -0.137. The summed E-state index contributed by atoms with van der Waals surface area (Å²) in [6.07, 6.45) is -0.712. The van der Waals surface area contributed by atoms with Gasteiger partial charge in [-0.25, -0.2) is 9.78 Å². The second-order valence-electron chi connectivity index (χ2n) is 9.46. The summed E-state index contributed by atoms with van der Waals surface area (Å²) in [5.41, 5.74) is -1.64. The number of rotatable bonds is 6. The fraction of sp³-hybridized carbons (Fsp3) is 0.542. The van der Waals surface area contributed by atoms with Crippen LogP contribution in [0.2, 0.25) is 0 Å². The average Bonchev–Trinajstić information content (AvgIpc) is 2.77. The first-order valence-corrected chi connectivity index (χ1v) is 11.2. The summed E-state index contributed by atoms with van der Waals surface area (Å²) in [4.78, 5) is 31.5. The zero-order valence-electron chi connectivity index (χ0n) is 20.2. The SMILES string of the molecule is COCOc1cc(C(F)(F)F)ccc1-c1cncn(CC2CCCN(C(=O)OC(C)(C)C)C2)c1=O. The van der Waals surface area contributed by atoms with Gasteiger partial charge in [-0.15, -0.1) is 0 Å². The topological polar surface area (TPSA) is 82.9 Å². The van der Waals surface area contributed by atoms with E-state index in [9.17, 15) is 22.8 Å². The predicted octanol–water partition coefficient (Wildman–Crippen LogP) is 4.56. The Bertz CT molecular complexity index is 1100. The molecule has 1 saturated heterocycles. The smallest absolute Gasteiger partial charge is 0.416 e. The van der Waals surface area contributed by atoms with Crippen LogP contribution in [0.5, 0.6) is 5.75 Å². The van der Waals surface area contributed by atoms with Gasteiger partial charge in [-0.1, -0.05) is 0 Å². The van der Waals surface area contributed by atoms with Crippen molar-refractivity contribution >= 4 is 6.09 Å². The predicted molar refractivity (Wildman–Crippen MR) is 122 cm³/mol. The third-order valence-corrected chi connectivity index (χ3v) is 5.46. The number of aromatic nitrogens is 2. The fourth-order valence-corrected chi connectivity index (χ4v) is 3.91. The van der Waals surface area contributed by atoms with Gasteiger partial charge < -0.3 is 19.1 Å². The van der Waals surface area contributed by atoms with Gasteiger partial charge in [0, 0.05) is 38.5 Å². The lowest BCUT2D eigenvalue weighted by Gasteiger charge is -2.34. The average molecular weight is 498 g/mol. The van der Waals surface area contributed by atoms with Gasteiger partial charge in [0.2, 0.25) is 0 Å². The second-order valence-corrected chi connectivity index (χ2v) is 9.46. The van der Waals surface area contributed by atoms with Gasteiger partial charge in [0.25, 0.3) is 5.56 Å². The molecule has 2 aromatic rings.